The third-order valence-electron chi connectivity index (χ3n) is 6.13. The van der Waals surface area contributed by atoms with Crippen LogP contribution >= 0.6 is 0 Å². The molecular weight excluding hydrogens is 474 g/mol. The molecule has 0 aliphatic rings. The second kappa shape index (κ2) is 11.0. The van der Waals surface area contributed by atoms with Gasteiger partial charge in [0.15, 0.2) is 11.5 Å². The molecule has 0 spiro atoms. The van der Waals surface area contributed by atoms with E-state index in [9.17, 15) is 4.79 Å². The summed E-state index contributed by atoms with van der Waals surface area (Å²) in [5, 5.41) is 2.96. The molecule has 1 amide bonds. The van der Waals surface area contributed by atoms with Crippen molar-refractivity contribution in [2.24, 2.45) is 0 Å². The molecule has 0 aliphatic carbocycles. The van der Waals surface area contributed by atoms with Crippen LogP contribution in [0.1, 0.15) is 17.4 Å². The number of benzene rings is 4. The molecule has 0 atom stereocenters. The van der Waals surface area contributed by atoms with Crippen LogP contribution in [0.15, 0.2) is 108 Å². The standard InChI is InChI=1S/C32H29N3O3/c1-4-37-26-14-10-13-24(21-26)33-31(36)29-30(23-17-19-25(20-18-23)35(2)3)38-32(34-29)28-16-9-8-15-27(28)22-11-6-5-7-12-22/h5-21H,4H2,1-3H3,(H,33,36). The first-order valence-corrected chi connectivity index (χ1v) is 12.5. The number of carbonyl (C=O) groups excluding carboxylic acids is 1. The molecule has 0 bridgehead atoms. The average Bonchev–Trinajstić information content (AvgIpc) is 3.40. The topological polar surface area (TPSA) is 67.6 Å². The molecule has 38 heavy (non-hydrogen) atoms. The molecule has 0 fully saturated rings. The van der Waals surface area contributed by atoms with Gasteiger partial charge in [-0.25, -0.2) is 4.98 Å². The average molecular weight is 504 g/mol. The molecule has 0 saturated carbocycles. The highest BCUT2D eigenvalue weighted by molar-refractivity contribution is 6.07. The summed E-state index contributed by atoms with van der Waals surface area (Å²) in [6.45, 7) is 2.46. The maximum atomic E-state index is 13.6. The van der Waals surface area contributed by atoms with E-state index in [1.165, 1.54) is 0 Å². The fourth-order valence-corrected chi connectivity index (χ4v) is 4.26. The summed E-state index contributed by atoms with van der Waals surface area (Å²) in [5.41, 5.74) is 5.45. The zero-order valence-electron chi connectivity index (χ0n) is 21.6. The van der Waals surface area contributed by atoms with Gasteiger partial charge in [-0.05, 0) is 60.5 Å². The van der Waals surface area contributed by atoms with Gasteiger partial charge in [-0.2, -0.15) is 0 Å². The van der Waals surface area contributed by atoms with E-state index in [2.05, 4.69) is 5.32 Å². The number of carbonyl (C=O) groups is 1. The fourth-order valence-electron chi connectivity index (χ4n) is 4.26. The molecule has 6 heteroatoms. The van der Waals surface area contributed by atoms with Crippen molar-refractivity contribution in [3.05, 3.63) is 109 Å². The molecule has 4 aromatic carbocycles. The molecule has 1 N–H and O–H groups in total. The number of anilines is 2. The van der Waals surface area contributed by atoms with E-state index in [1.54, 1.807) is 6.07 Å². The Kier molecular flexibility index (Phi) is 7.22. The van der Waals surface area contributed by atoms with E-state index < -0.39 is 0 Å². The van der Waals surface area contributed by atoms with E-state index in [0.29, 0.717) is 29.7 Å². The zero-order valence-corrected chi connectivity index (χ0v) is 21.6. The molecule has 6 nitrogen and oxygen atoms in total. The van der Waals surface area contributed by atoms with Gasteiger partial charge in [0.1, 0.15) is 5.75 Å². The Morgan fingerprint density at radius 3 is 2.26 bits per heavy atom. The van der Waals surface area contributed by atoms with Gasteiger partial charge in [-0.15, -0.1) is 0 Å². The highest BCUT2D eigenvalue weighted by Crippen LogP contribution is 2.36. The van der Waals surface area contributed by atoms with E-state index in [4.69, 9.17) is 14.1 Å². The number of hydrogen-bond acceptors (Lipinski definition) is 5. The lowest BCUT2D eigenvalue weighted by Crippen LogP contribution is -2.13. The molecule has 1 heterocycles. The van der Waals surface area contributed by atoms with Gasteiger partial charge in [0.2, 0.25) is 5.89 Å². The van der Waals surface area contributed by atoms with Crippen molar-refractivity contribution in [2.75, 3.05) is 30.9 Å². The summed E-state index contributed by atoms with van der Waals surface area (Å²) in [4.78, 5) is 20.3. The highest BCUT2D eigenvalue weighted by Gasteiger charge is 2.24. The largest absolute Gasteiger partial charge is 0.494 e. The van der Waals surface area contributed by atoms with Gasteiger partial charge in [-0.1, -0.05) is 54.6 Å². The predicted molar refractivity (Wildman–Crippen MR) is 153 cm³/mol. The van der Waals surface area contributed by atoms with Crippen molar-refractivity contribution >= 4 is 17.3 Å². The quantitative estimate of drug-likeness (QED) is 0.239. The first-order valence-electron chi connectivity index (χ1n) is 12.5. The lowest BCUT2D eigenvalue weighted by Gasteiger charge is -2.12. The van der Waals surface area contributed by atoms with Crippen molar-refractivity contribution in [3.63, 3.8) is 0 Å². The monoisotopic (exact) mass is 503 g/mol. The molecule has 0 radical (unpaired) electrons. The summed E-state index contributed by atoms with van der Waals surface area (Å²) >= 11 is 0. The molecule has 5 rings (SSSR count). The van der Waals surface area contributed by atoms with E-state index >= 15 is 0 Å². The Labute approximate surface area is 222 Å². The minimum atomic E-state index is -0.363. The first kappa shape index (κ1) is 24.8. The van der Waals surface area contributed by atoms with E-state index in [0.717, 1.165) is 27.9 Å². The number of amides is 1. The van der Waals surface area contributed by atoms with Crippen molar-refractivity contribution in [2.45, 2.75) is 6.92 Å². The Hall–Kier alpha value is -4.84. The lowest BCUT2D eigenvalue weighted by molar-refractivity contribution is 0.102. The first-order chi connectivity index (χ1) is 18.5. The third-order valence-corrected chi connectivity index (χ3v) is 6.13. The Balaban J connectivity index is 1.59. The maximum Gasteiger partial charge on any atom is 0.278 e. The molecule has 0 unspecified atom stereocenters. The summed E-state index contributed by atoms with van der Waals surface area (Å²) < 4.78 is 11.9. The summed E-state index contributed by atoms with van der Waals surface area (Å²) in [7, 11) is 3.97. The van der Waals surface area contributed by atoms with Crippen molar-refractivity contribution in [1.82, 2.24) is 4.98 Å². The van der Waals surface area contributed by atoms with Crippen LogP contribution in [0.4, 0.5) is 11.4 Å². The minimum Gasteiger partial charge on any atom is -0.494 e. The van der Waals surface area contributed by atoms with Crippen molar-refractivity contribution in [3.8, 4) is 39.7 Å². The minimum absolute atomic E-state index is 0.210. The van der Waals surface area contributed by atoms with Crippen LogP contribution in [0.5, 0.6) is 5.75 Å². The smallest absolute Gasteiger partial charge is 0.278 e. The van der Waals surface area contributed by atoms with Crippen LogP contribution in [-0.2, 0) is 0 Å². The second-order valence-electron chi connectivity index (χ2n) is 8.96. The lowest BCUT2D eigenvalue weighted by atomic mass is 10.00. The van der Waals surface area contributed by atoms with Crippen LogP contribution in [0, 0.1) is 0 Å². The number of ether oxygens (including phenoxy) is 1. The van der Waals surface area contributed by atoms with Crippen LogP contribution < -0.4 is 15.0 Å². The second-order valence-corrected chi connectivity index (χ2v) is 8.96. The van der Waals surface area contributed by atoms with Gasteiger partial charge < -0.3 is 19.4 Å². The highest BCUT2D eigenvalue weighted by atomic mass is 16.5. The molecule has 0 aliphatic heterocycles. The van der Waals surface area contributed by atoms with Crippen molar-refractivity contribution in [1.29, 1.82) is 0 Å². The Morgan fingerprint density at radius 2 is 1.55 bits per heavy atom. The Morgan fingerprint density at radius 1 is 0.842 bits per heavy atom. The van der Waals surface area contributed by atoms with Gasteiger partial charge >= 0.3 is 0 Å². The van der Waals surface area contributed by atoms with Crippen molar-refractivity contribution < 1.29 is 13.9 Å². The zero-order chi connectivity index (χ0) is 26.5. The van der Waals surface area contributed by atoms with Crippen LogP contribution in [0.2, 0.25) is 0 Å². The molecule has 0 saturated heterocycles. The molecular formula is C32H29N3O3. The molecule has 1 aromatic heterocycles. The van der Waals surface area contributed by atoms with Gasteiger partial charge in [0, 0.05) is 42.7 Å². The SMILES string of the molecule is CCOc1cccc(NC(=O)c2nc(-c3ccccc3-c3ccccc3)oc2-c2ccc(N(C)C)cc2)c1. The summed E-state index contributed by atoms with van der Waals surface area (Å²) in [6.07, 6.45) is 0. The number of oxazole rings is 1. The summed E-state index contributed by atoms with van der Waals surface area (Å²) in [5.74, 6) is 1.11. The fraction of sp³-hybridized carbons (Fsp3) is 0.125. The summed E-state index contributed by atoms with van der Waals surface area (Å²) in [6, 6.07) is 33.1. The van der Waals surface area contributed by atoms with Gasteiger partial charge in [0.25, 0.3) is 5.91 Å². The number of rotatable bonds is 8. The predicted octanol–water partition coefficient (Wildman–Crippen LogP) is 7.39. The van der Waals surface area contributed by atoms with Crippen LogP contribution in [0.3, 0.4) is 0 Å². The maximum absolute atomic E-state index is 13.6. The van der Waals surface area contributed by atoms with Crippen LogP contribution in [-0.4, -0.2) is 31.6 Å². The number of aromatic nitrogens is 1. The van der Waals surface area contributed by atoms with Gasteiger partial charge in [0.05, 0.1) is 6.61 Å². The van der Waals surface area contributed by atoms with E-state index in [1.807, 2.05) is 123 Å². The number of nitrogens with zero attached hydrogens (tertiary/aromatic N) is 2. The van der Waals surface area contributed by atoms with Gasteiger partial charge in [-0.3, -0.25) is 4.79 Å². The number of hydrogen-bond donors (Lipinski definition) is 1. The van der Waals surface area contributed by atoms with Crippen LogP contribution in [0.25, 0.3) is 33.9 Å². The van der Waals surface area contributed by atoms with E-state index in [-0.39, 0.29) is 11.6 Å². The normalized spacial score (nSPS) is 10.7. The molecule has 190 valence electrons. The Bertz CT molecular complexity index is 1540. The third kappa shape index (κ3) is 5.30. The molecule has 5 aromatic rings. The number of nitrogens with one attached hydrogen (secondary N) is 1.